The van der Waals surface area contributed by atoms with Crippen LogP contribution in [0.5, 0.6) is 0 Å². The summed E-state index contributed by atoms with van der Waals surface area (Å²) < 4.78 is 1.82. The van der Waals surface area contributed by atoms with Crippen LogP contribution < -0.4 is 5.32 Å². The summed E-state index contributed by atoms with van der Waals surface area (Å²) in [7, 11) is 1.88. The van der Waals surface area contributed by atoms with Crippen molar-refractivity contribution in [1.82, 2.24) is 14.9 Å². The smallest absolute Gasteiger partial charge is 0.204 e. The SMILES string of the molecule is Cn1c(Cl)nc(Cl)c1CNCCCC1CC1. The standard InChI is InChI=1S/C11H17Cl2N3/c1-16-9(10(12)15-11(16)13)7-14-6-2-3-8-4-5-8/h8,14H,2-7H2,1H3. The van der Waals surface area contributed by atoms with Crippen molar-refractivity contribution in [2.45, 2.75) is 32.2 Å². The number of halogens is 2. The fourth-order valence-corrected chi connectivity index (χ4v) is 2.29. The van der Waals surface area contributed by atoms with E-state index in [1.807, 2.05) is 11.6 Å². The van der Waals surface area contributed by atoms with Crippen LogP contribution >= 0.6 is 23.2 Å². The van der Waals surface area contributed by atoms with Crippen molar-refractivity contribution in [2.75, 3.05) is 6.54 Å². The van der Waals surface area contributed by atoms with E-state index in [9.17, 15) is 0 Å². The van der Waals surface area contributed by atoms with Crippen LogP contribution in [0.2, 0.25) is 10.4 Å². The van der Waals surface area contributed by atoms with Crippen LogP contribution in [0.25, 0.3) is 0 Å². The summed E-state index contributed by atoms with van der Waals surface area (Å²) in [5, 5.41) is 4.32. The number of aromatic nitrogens is 2. The van der Waals surface area contributed by atoms with E-state index in [1.54, 1.807) is 0 Å². The van der Waals surface area contributed by atoms with Crippen LogP contribution in [0.3, 0.4) is 0 Å². The molecule has 0 aromatic carbocycles. The summed E-state index contributed by atoms with van der Waals surface area (Å²) in [6.07, 6.45) is 5.47. The van der Waals surface area contributed by atoms with Gasteiger partial charge in [0, 0.05) is 13.6 Å². The zero-order valence-electron chi connectivity index (χ0n) is 9.47. The Hall–Kier alpha value is -0.250. The molecule has 0 radical (unpaired) electrons. The molecule has 0 spiro atoms. The summed E-state index contributed by atoms with van der Waals surface area (Å²) in [6.45, 7) is 1.77. The van der Waals surface area contributed by atoms with Gasteiger partial charge in [-0.2, -0.15) is 0 Å². The predicted molar refractivity (Wildman–Crippen MR) is 66.9 cm³/mol. The summed E-state index contributed by atoms with van der Waals surface area (Å²) >= 11 is 11.8. The first-order valence-corrected chi connectivity index (χ1v) is 6.51. The molecule has 0 saturated heterocycles. The average molecular weight is 262 g/mol. The molecule has 1 aromatic heterocycles. The molecule has 0 unspecified atom stereocenters. The first kappa shape index (κ1) is 12.2. The van der Waals surface area contributed by atoms with Gasteiger partial charge >= 0.3 is 0 Å². The fraction of sp³-hybridized carbons (Fsp3) is 0.727. The third-order valence-electron chi connectivity index (χ3n) is 3.07. The van der Waals surface area contributed by atoms with Gasteiger partial charge < -0.3 is 9.88 Å². The molecule has 3 nitrogen and oxygen atoms in total. The van der Waals surface area contributed by atoms with E-state index < -0.39 is 0 Å². The maximum atomic E-state index is 5.97. The Morgan fingerprint density at radius 1 is 1.44 bits per heavy atom. The van der Waals surface area contributed by atoms with Gasteiger partial charge in [-0.3, -0.25) is 0 Å². The maximum absolute atomic E-state index is 5.97. The van der Waals surface area contributed by atoms with Crippen LogP contribution in [-0.4, -0.2) is 16.1 Å². The van der Waals surface area contributed by atoms with Gasteiger partial charge in [0.1, 0.15) is 0 Å². The molecular weight excluding hydrogens is 245 g/mol. The fourth-order valence-electron chi connectivity index (χ4n) is 1.79. The van der Waals surface area contributed by atoms with E-state index in [-0.39, 0.29) is 0 Å². The zero-order chi connectivity index (χ0) is 11.5. The summed E-state index contributed by atoms with van der Waals surface area (Å²) in [5.41, 5.74) is 0.957. The molecule has 5 heteroatoms. The van der Waals surface area contributed by atoms with E-state index in [4.69, 9.17) is 23.2 Å². The highest BCUT2D eigenvalue weighted by Gasteiger charge is 2.19. The van der Waals surface area contributed by atoms with E-state index in [0.29, 0.717) is 10.4 Å². The molecule has 0 amide bonds. The van der Waals surface area contributed by atoms with Crippen molar-refractivity contribution < 1.29 is 0 Å². The Balaban J connectivity index is 1.71. The molecule has 1 aliphatic rings. The van der Waals surface area contributed by atoms with Crippen molar-refractivity contribution in [3.63, 3.8) is 0 Å². The minimum Gasteiger partial charge on any atom is -0.319 e. The largest absolute Gasteiger partial charge is 0.319 e. The van der Waals surface area contributed by atoms with Crippen LogP contribution in [0.1, 0.15) is 31.4 Å². The highest BCUT2D eigenvalue weighted by molar-refractivity contribution is 6.32. The molecule has 90 valence electrons. The van der Waals surface area contributed by atoms with Gasteiger partial charge in [0.25, 0.3) is 0 Å². The van der Waals surface area contributed by atoms with Crippen molar-refractivity contribution >= 4 is 23.2 Å². The van der Waals surface area contributed by atoms with E-state index in [1.165, 1.54) is 25.7 Å². The van der Waals surface area contributed by atoms with Crippen molar-refractivity contribution in [3.8, 4) is 0 Å². The third kappa shape index (κ3) is 3.12. The highest BCUT2D eigenvalue weighted by Crippen LogP contribution is 2.33. The Morgan fingerprint density at radius 3 is 2.75 bits per heavy atom. The highest BCUT2D eigenvalue weighted by atomic mass is 35.5. The number of nitrogens with one attached hydrogen (secondary N) is 1. The average Bonchev–Trinajstić information content (AvgIpc) is 3.02. The molecule has 1 aromatic rings. The molecule has 1 heterocycles. The molecule has 0 aliphatic heterocycles. The number of rotatable bonds is 6. The van der Waals surface area contributed by atoms with Gasteiger partial charge in [-0.05, 0) is 36.9 Å². The van der Waals surface area contributed by atoms with Gasteiger partial charge in [-0.1, -0.05) is 24.4 Å². The predicted octanol–water partition coefficient (Wildman–Crippen LogP) is 3.01. The molecule has 16 heavy (non-hydrogen) atoms. The van der Waals surface area contributed by atoms with Crippen molar-refractivity contribution in [3.05, 3.63) is 16.1 Å². The normalized spacial score (nSPS) is 15.7. The summed E-state index contributed by atoms with van der Waals surface area (Å²) in [5.74, 6) is 1.01. The topological polar surface area (TPSA) is 29.9 Å². The van der Waals surface area contributed by atoms with Gasteiger partial charge in [0.2, 0.25) is 5.28 Å². The Bertz CT molecular complexity index is 358. The third-order valence-corrected chi connectivity index (χ3v) is 3.71. The molecule has 1 fully saturated rings. The van der Waals surface area contributed by atoms with Gasteiger partial charge in [-0.25, -0.2) is 4.98 Å². The molecule has 1 N–H and O–H groups in total. The second-order valence-electron chi connectivity index (χ2n) is 4.44. The van der Waals surface area contributed by atoms with Crippen LogP contribution in [-0.2, 0) is 13.6 Å². The molecule has 1 aliphatic carbocycles. The minimum absolute atomic E-state index is 0.444. The lowest BCUT2D eigenvalue weighted by Gasteiger charge is -2.06. The Labute approximate surface area is 106 Å². The molecular formula is C11H17Cl2N3. The Kier molecular flexibility index (Phi) is 4.11. The van der Waals surface area contributed by atoms with E-state index in [2.05, 4.69) is 10.3 Å². The lowest BCUT2D eigenvalue weighted by Crippen LogP contribution is -2.17. The minimum atomic E-state index is 0.444. The second kappa shape index (κ2) is 5.39. The van der Waals surface area contributed by atoms with Crippen molar-refractivity contribution in [2.24, 2.45) is 13.0 Å². The van der Waals surface area contributed by atoms with Crippen LogP contribution in [0.4, 0.5) is 0 Å². The molecule has 1 saturated carbocycles. The number of hydrogen-bond acceptors (Lipinski definition) is 2. The lowest BCUT2D eigenvalue weighted by molar-refractivity contribution is 0.582. The number of hydrogen-bond donors (Lipinski definition) is 1. The first-order valence-electron chi connectivity index (χ1n) is 5.76. The zero-order valence-corrected chi connectivity index (χ0v) is 11.0. The first-order chi connectivity index (χ1) is 7.68. The van der Waals surface area contributed by atoms with E-state index >= 15 is 0 Å². The summed E-state index contributed by atoms with van der Waals surface area (Å²) in [6, 6.07) is 0. The van der Waals surface area contributed by atoms with Gasteiger partial charge in [-0.15, -0.1) is 0 Å². The van der Waals surface area contributed by atoms with Crippen LogP contribution in [0, 0.1) is 5.92 Å². The van der Waals surface area contributed by atoms with Gasteiger partial charge in [0.15, 0.2) is 5.15 Å². The maximum Gasteiger partial charge on any atom is 0.204 e. The molecule has 2 rings (SSSR count). The quantitative estimate of drug-likeness (QED) is 0.799. The van der Waals surface area contributed by atoms with E-state index in [0.717, 1.165) is 24.7 Å². The lowest BCUT2D eigenvalue weighted by atomic mass is 10.2. The van der Waals surface area contributed by atoms with Crippen molar-refractivity contribution in [1.29, 1.82) is 0 Å². The number of nitrogens with zero attached hydrogens (tertiary/aromatic N) is 2. The Morgan fingerprint density at radius 2 is 2.19 bits per heavy atom. The second-order valence-corrected chi connectivity index (χ2v) is 5.14. The molecule has 0 atom stereocenters. The number of imidazole rings is 1. The van der Waals surface area contributed by atoms with Gasteiger partial charge in [0.05, 0.1) is 5.69 Å². The summed E-state index contributed by atoms with van der Waals surface area (Å²) in [4.78, 5) is 4.00. The molecule has 0 bridgehead atoms. The van der Waals surface area contributed by atoms with Crippen LogP contribution in [0.15, 0.2) is 0 Å². The monoisotopic (exact) mass is 261 g/mol.